The van der Waals surface area contributed by atoms with E-state index in [1.807, 2.05) is 12.1 Å². The van der Waals surface area contributed by atoms with E-state index in [1.165, 1.54) is 18.2 Å². The van der Waals surface area contributed by atoms with Gasteiger partial charge in [0, 0.05) is 0 Å². The Bertz CT molecular complexity index is 1220. The summed E-state index contributed by atoms with van der Waals surface area (Å²) in [6, 6.07) is 20.6. The molecule has 9 heteroatoms. The van der Waals surface area contributed by atoms with Gasteiger partial charge in [0.25, 0.3) is 0 Å². The lowest BCUT2D eigenvalue weighted by Gasteiger charge is -2.19. The highest BCUT2D eigenvalue weighted by Crippen LogP contribution is 2.29. The first kappa shape index (κ1) is 23.8. The highest BCUT2D eigenvalue weighted by Gasteiger charge is 2.30. The van der Waals surface area contributed by atoms with Crippen molar-refractivity contribution in [1.29, 1.82) is 5.26 Å². The molecule has 0 aliphatic rings. The summed E-state index contributed by atoms with van der Waals surface area (Å²) in [5, 5.41) is 8.76. The zero-order valence-electron chi connectivity index (χ0n) is 16.7. The second-order valence-electron chi connectivity index (χ2n) is 6.83. The largest absolute Gasteiger partial charge is 0.460 e. The van der Waals surface area contributed by atoms with Crippen molar-refractivity contribution in [2.24, 2.45) is 0 Å². The van der Waals surface area contributed by atoms with Crippen LogP contribution >= 0.6 is 23.2 Å². The van der Waals surface area contributed by atoms with Crippen molar-refractivity contribution in [3.8, 4) is 6.07 Å². The fraction of sp³-hybridized carbons (Fsp3) is 0.130. The smallest absolute Gasteiger partial charge is 0.324 e. The van der Waals surface area contributed by atoms with Crippen molar-refractivity contribution in [3.05, 3.63) is 99.5 Å². The molecule has 164 valence electrons. The molecule has 0 spiro atoms. The average Bonchev–Trinajstić information content (AvgIpc) is 2.77. The second-order valence-corrected chi connectivity index (χ2v) is 9.30. The summed E-state index contributed by atoms with van der Waals surface area (Å²) in [5.74, 6) is -0.759. The van der Waals surface area contributed by atoms with Gasteiger partial charge in [0.15, 0.2) is 0 Å². The van der Waals surface area contributed by atoms with E-state index in [4.69, 9.17) is 33.2 Å². The van der Waals surface area contributed by atoms with Crippen molar-refractivity contribution < 1.29 is 17.9 Å². The van der Waals surface area contributed by atoms with Gasteiger partial charge in [-0.15, -0.1) is 0 Å². The zero-order chi connectivity index (χ0) is 23.1. The maximum Gasteiger partial charge on any atom is 0.324 e. The number of hydrogen-bond donors (Lipinski definition) is 1. The summed E-state index contributed by atoms with van der Waals surface area (Å²) in [6.07, 6.45) is 0.0638. The minimum Gasteiger partial charge on any atom is -0.460 e. The predicted octanol–water partition coefficient (Wildman–Crippen LogP) is 4.50. The molecule has 6 nitrogen and oxygen atoms in total. The maximum atomic E-state index is 13.0. The second kappa shape index (κ2) is 10.6. The molecule has 0 aliphatic heterocycles. The number of halogens is 2. The third kappa shape index (κ3) is 6.09. The standard InChI is InChI=1S/C23H18Cl2N2O4S/c24-19-7-4-8-20(25)22(19)32(29,30)27-21(13-16-5-2-1-3-6-16)23(28)31-15-18-11-9-17(14-26)10-12-18/h1-12,21,27H,13,15H2. The van der Waals surface area contributed by atoms with Crippen LogP contribution in [0, 0.1) is 11.3 Å². The molecule has 0 amide bonds. The quantitative estimate of drug-likeness (QED) is 0.470. The first-order valence-corrected chi connectivity index (χ1v) is 11.7. The van der Waals surface area contributed by atoms with E-state index in [1.54, 1.807) is 48.5 Å². The molecule has 0 saturated carbocycles. The van der Waals surface area contributed by atoms with Crippen molar-refractivity contribution in [3.63, 3.8) is 0 Å². The van der Waals surface area contributed by atoms with E-state index in [0.29, 0.717) is 11.1 Å². The fourth-order valence-corrected chi connectivity index (χ4v) is 5.27. The van der Waals surface area contributed by atoms with Gasteiger partial charge in [0.1, 0.15) is 17.5 Å². The predicted molar refractivity (Wildman–Crippen MR) is 122 cm³/mol. The number of rotatable bonds is 8. The van der Waals surface area contributed by atoms with Crippen molar-refractivity contribution in [2.45, 2.75) is 24.0 Å². The van der Waals surface area contributed by atoms with E-state index in [2.05, 4.69) is 4.72 Å². The molecule has 0 saturated heterocycles. The lowest BCUT2D eigenvalue weighted by atomic mass is 10.1. The minimum absolute atomic E-state index is 0.0607. The van der Waals surface area contributed by atoms with Gasteiger partial charge in [0.05, 0.1) is 21.7 Å². The molecule has 0 heterocycles. The Balaban J connectivity index is 1.82. The highest BCUT2D eigenvalue weighted by atomic mass is 35.5. The van der Waals surface area contributed by atoms with Crippen LogP contribution in [0.5, 0.6) is 0 Å². The normalized spacial score (nSPS) is 12.0. The molecule has 0 bridgehead atoms. The van der Waals surface area contributed by atoms with Gasteiger partial charge < -0.3 is 4.74 Å². The van der Waals surface area contributed by atoms with Crippen molar-refractivity contribution in [2.75, 3.05) is 0 Å². The Morgan fingerprint density at radius 2 is 1.56 bits per heavy atom. The van der Waals surface area contributed by atoms with Crippen LogP contribution in [-0.4, -0.2) is 20.4 Å². The number of nitriles is 1. The van der Waals surface area contributed by atoms with Crippen LogP contribution in [0.1, 0.15) is 16.7 Å². The van der Waals surface area contributed by atoms with Crippen LogP contribution in [0.25, 0.3) is 0 Å². The molecule has 3 rings (SSSR count). The summed E-state index contributed by atoms with van der Waals surface area (Å²) in [7, 11) is -4.23. The van der Waals surface area contributed by atoms with Crippen LogP contribution in [0.3, 0.4) is 0 Å². The lowest BCUT2D eigenvalue weighted by Crippen LogP contribution is -2.43. The molecule has 1 unspecified atom stereocenters. The number of carbonyl (C=O) groups is 1. The van der Waals surface area contributed by atoms with E-state index in [9.17, 15) is 13.2 Å². The number of hydrogen-bond acceptors (Lipinski definition) is 5. The minimum atomic E-state index is -4.23. The number of carbonyl (C=O) groups excluding carboxylic acids is 1. The highest BCUT2D eigenvalue weighted by molar-refractivity contribution is 7.89. The van der Waals surface area contributed by atoms with Crippen LogP contribution in [-0.2, 0) is 32.6 Å². The molecule has 0 fully saturated rings. The third-order valence-electron chi connectivity index (χ3n) is 4.52. The van der Waals surface area contributed by atoms with E-state index in [0.717, 1.165) is 5.56 Å². The molecular formula is C23H18Cl2N2O4S. The summed E-state index contributed by atoms with van der Waals surface area (Å²) in [5.41, 5.74) is 1.88. The Morgan fingerprint density at radius 1 is 0.938 bits per heavy atom. The van der Waals surface area contributed by atoms with E-state index in [-0.39, 0.29) is 28.0 Å². The van der Waals surface area contributed by atoms with Crippen LogP contribution in [0.4, 0.5) is 0 Å². The van der Waals surface area contributed by atoms with Crippen molar-refractivity contribution >= 4 is 39.2 Å². The Hall–Kier alpha value is -2.89. The van der Waals surface area contributed by atoms with Gasteiger partial charge >= 0.3 is 5.97 Å². The Morgan fingerprint density at radius 3 is 2.16 bits per heavy atom. The number of nitrogens with zero attached hydrogens (tertiary/aromatic N) is 1. The van der Waals surface area contributed by atoms with Gasteiger partial charge in [-0.3, -0.25) is 4.79 Å². The molecule has 3 aromatic carbocycles. The molecular weight excluding hydrogens is 471 g/mol. The summed E-state index contributed by atoms with van der Waals surface area (Å²) >= 11 is 12.1. The van der Waals surface area contributed by atoms with Crippen LogP contribution in [0.15, 0.2) is 77.7 Å². The topological polar surface area (TPSA) is 96.3 Å². The molecule has 0 aromatic heterocycles. The molecule has 0 radical (unpaired) electrons. The number of esters is 1. The third-order valence-corrected chi connectivity index (χ3v) is 6.94. The molecule has 32 heavy (non-hydrogen) atoms. The maximum absolute atomic E-state index is 13.0. The van der Waals surface area contributed by atoms with Gasteiger partial charge in [0.2, 0.25) is 10.0 Å². The number of benzene rings is 3. The van der Waals surface area contributed by atoms with Crippen molar-refractivity contribution in [1.82, 2.24) is 4.72 Å². The lowest BCUT2D eigenvalue weighted by molar-refractivity contribution is -0.147. The zero-order valence-corrected chi connectivity index (χ0v) is 19.0. The van der Waals surface area contributed by atoms with E-state index >= 15 is 0 Å². The average molecular weight is 489 g/mol. The summed E-state index contributed by atoms with van der Waals surface area (Å²) < 4.78 is 33.8. The fourth-order valence-electron chi connectivity index (χ4n) is 2.94. The Kier molecular flexibility index (Phi) is 7.89. The summed E-state index contributed by atoms with van der Waals surface area (Å²) in [4.78, 5) is 12.6. The SMILES string of the molecule is N#Cc1ccc(COC(=O)C(Cc2ccccc2)NS(=O)(=O)c2c(Cl)cccc2Cl)cc1. The number of nitrogens with one attached hydrogen (secondary N) is 1. The molecule has 3 aromatic rings. The van der Waals surface area contributed by atoms with Gasteiger partial charge in [-0.1, -0.05) is 71.7 Å². The Labute approximate surface area is 196 Å². The first-order valence-electron chi connectivity index (χ1n) is 9.46. The monoisotopic (exact) mass is 488 g/mol. The molecule has 1 atom stereocenters. The van der Waals surface area contributed by atoms with E-state index < -0.39 is 22.0 Å². The number of ether oxygens (including phenoxy) is 1. The molecule has 1 N–H and O–H groups in total. The summed E-state index contributed by atoms with van der Waals surface area (Å²) in [6.45, 7) is -0.0790. The first-order chi connectivity index (χ1) is 15.3. The van der Waals surface area contributed by atoms with Gasteiger partial charge in [-0.05, 0) is 41.8 Å². The number of sulfonamides is 1. The van der Waals surface area contributed by atoms with Crippen LogP contribution < -0.4 is 4.72 Å². The van der Waals surface area contributed by atoms with Crippen LogP contribution in [0.2, 0.25) is 10.0 Å². The molecule has 0 aliphatic carbocycles. The van der Waals surface area contributed by atoms with Gasteiger partial charge in [-0.2, -0.15) is 9.98 Å². The van der Waals surface area contributed by atoms with Gasteiger partial charge in [-0.25, -0.2) is 8.42 Å².